The third-order valence-electron chi connectivity index (χ3n) is 5.00. The van der Waals surface area contributed by atoms with E-state index in [2.05, 4.69) is 30.9 Å². The molecule has 0 saturated carbocycles. The normalized spacial score (nSPS) is 11.9. The number of thiazole rings is 1. The molecular formula is C24H22N4O4S. The van der Waals surface area contributed by atoms with Crippen LogP contribution in [0.1, 0.15) is 48.0 Å². The highest BCUT2D eigenvalue weighted by Crippen LogP contribution is 2.31. The first kappa shape index (κ1) is 22.3. The first-order chi connectivity index (χ1) is 15.6. The molecule has 0 aliphatic rings. The number of hydrazone groups is 1. The van der Waals surface area contributed by atoms with E-state index in [1.54, 1.807) is 12.1 Å². The number of furan rings is 1. The van der Waals surface area contributed by atoms with Gasteiger partial charge in [-0.1, -0.05) is 50.3 Å². The highest BCUT2D eigenvalue weighted by atomic mass is 32.1. The van der Waals surface area contributed by atoms with Gasteiger partial charge in [-0.15, -0.1) is 0 Å². The van der Waals surface area contributed by atoms with E-state index in [0.717, 1.165) is 21.3 Å². The smallest absolute Gasteiger partial charge is 0.400 e. The third-order valence-corrected chi connectivity index (χ3v) is 5.99. The van der Waals surface area contributed by atoms with E-state index in [1.807, 2.05) is 37.3 Å². The van der Waals surface area contributed by atoms with Crippen molar-refractivity contribution in [3.05, 3.63) is 87.2 Å². The van der Waals surface area contributed by atoms with Crippen molar-refractivity contribution < 1.29 is 14.1 Å². The predicted octanol–water partition coefficient (Wildman–Crippen LogP) is 6.08. The second kappa shape index (κ2) is 8.59. The molecule has 4 aromatic rings. The number of nitrogens with zero attached hydrogens (tertiary/aromatic N) is 4. The maximum Gasteiger partial charge on any atom is 0.433 e. The Bertz CT molecular complexity index is 1360. The first-order valence-corrected chi connectivity index (χ1v) is 11.0. The number of fused-ring (bicyclic) bond motifs is 1. The van der Waals surface area contributed by atoms with Crippen molar-refractivity contribution in [1.29, 1.82) is 0 Å². The fourth-order valence-corrected chi connectivity index (χ4v) is 4.18. The number of carbonyl (C=O) groups is 1. The molecule has 1 amide bonds. The minimum atomic E-state index is -0.632. The second-order valence-corrected chi connectivity index (χ2v) is 9.60. The first-order valence-electron chi connectivity index (χ1n) is 10.2. The van der Waals surface area contributed by atoms with Gasteiger partial charge in [0, 0.05) is 5.56 Å². The lowest BCUT2D eigenvalue weighted by molar-refractivity contribution is -0.402. The summed E-state index contributed by atoms with van der Waals surface area (Å²) in [5.74, 6) is -0.620. The molecule has 0 aliphatic carbocycles. The van der Waals surface area contributed by atoms with Crippen LogP contribution < -0.4 is 5.01 Å². The van der Waals surface area contributed by atoms with E-state index in [-0.39, 0.29) is 17.1 Å². The van der Waals surface area contributed by atoms with Crippen molar-refractivity contribution >= 4 is 44.7 Å². The summed E-state index contributed by atoms with van der Waals surface area (Å²) in [6.07, 6.45) is 1.27. The van der Waals surface area contributed by atoms with Gasteiger partial charge in [-0.3, -0.25) is 14.9 Å². The molecule has 0 N–H and O–H groups in total. The van der Waals surface area contributed by atoms with Crippen LogP contribution in [0.2, 0.25) is 0 Å². The maximum atomic E-state index is 13.4. The fraction of sp³-hybridized carbons (Fsp3) is 0.208. The van der Waals surface area contributed by atoms with E-state index >= 15 is 0 Å². The van der Waals surface area contributed by atoms with Gasteiger partial charge in [0.25, 0.3) is 5.91 Å². The monoisotopic (exact) mass is 462 g/mol. The van der Waals surface area contributed by atoms with Gasteiger partial charge in [-0.2, -0.15) is 10.1 Å². The van der Waals surface area contributed by atoms with Crippen LogP contribution >= 0.6 is 11.3 Å². The summed E-state index contributed by atoms with van der Waals surface area (Å²) in [4.78, 5) is 28.3. The van der Waals surface area contributed by atoms with Crippen molar-refractivity contribution in [3.63, 3.8) is 0 Å². The lowest BCUT2D eigenvalue weighted by Crippen LogP contribution is -2.25. The van der Waals surface area contributed by atoms with Crippen LogP contribution in [0.25, 0.3) is 10.2 Å². The molecule has 8 nitrogen and oxygen atoms in total. The molecule has 0 fully saturated rings. The lowest BCUT2D eigenvalue weighted by atomic mass is 9.87. The number of amides is 1. The van der Waals surface area contributed by atoms with E-state index < -0.39 is 10.8 Å². The largest absolute Gasteiger partial charge is 0.433 e. The number of anilines is 1. The Labute approximate surface area is 194 Å². The SMILES string of the molecule is Cc1ccc2nc(N(/N=C/c3ccc([N+](=O)[O-])o3)C(=O)c3ccc(C(C)(C)C)cc3)sc2c1. The molecule has 0 atom stereocenters. The van der Waals surface area contributed by atoms with E-state index in [9.17, 15) is 14.9 Å². The zero-order chi connectivity index (χ0) is 23.8. The Morgan fingerprint density at radius 2 is 1.88 bits per heavy atom. The number of benzene rings is 2. The van der Waals surface area contributed by atoms with Gasteiger partial charge < -0.3 is 4.42 Å². The summed E-state index contributed by atoms with van der Waals surface area (Å²) in [5.41, 5.74) is 3.34. The molecule has 0 bridgehead atoms. The predicted molar refractivity (Wildman–Crippen MR) is 129 cm³/mol. The summed E-state index contributed by atoms with van der Waals surface area (Å²) in [6, 6.07) is 15.9. The number of carbonyl (C=O) groups excluding carboxylic acids is 1. The molecule has 2 heterocycles. The van der Waals surface area contributed by atoms with Crippen molar-refractivity contribution in [2.75, 3.05) is 5.01 Å². The fourth-order valence-electron chi connectivity index (χ4n) is 3.16. The van der Waals surface area contributed by atoms with Crippen LogP contribution in [-0.4, -0.2) is 22.0 Å². The van der Waals surface area contributed by atoms with Gasteiger partial charge in [-0.25, -0.2) is 4.98 Å². The van der Waals surface area contributed by atoms with Crippen LogP contribution in [-0.2, 0) is 5.41 Å². The highest BCUT2D eigenvalue weighted by Gasteiger charge is 2.22. The molecular weight excluding hydrogens is 440 g/mol. The maximum absolute atomic E-state index is 13.4. The van der Waals surface area contributed by atoms with Crippen molar-refractivity contribution in [2.24, 2.45) is 5.10 Å². The van der Waals surface area contributed by atoms with Crippen molar-refractivity contribution in [3.8, 4) is 0 Å². The third kappa shape index (κ3) is 4.83. The summed E-state index contributed by atoms with van der Waals surface area (Å²) < 4.78 is 6.07. The summed E-state index contributed by atoms with van der Waals surface area (Å²) >= 11 is 1.34. The van der Waals surface area contributed by atoms with Gasteiger partial charge >= 0.3 is 5.88 Å². The number of aryl methyl sites for hydroxylation is 1. The molecule has 2 aromatic heterocycles. The molecule has 2 aromatic carbocycles. The summed E-state index contributed by atoms with van der Waals surface area (Å²) in [6.45, 7) is 8.30. The average molecular weight is 463 g/mol. The van der Waals surface area contributed by atoms with Crippen LogP contribution in [0, 0.1) is 17.0 Å². The molecule has 0 radical (unpaired) electrons. The minimum absolute atomic E-state index is 0.0433. The van der Waals surface area contributed by atoms with Gasteiger partial charge in [-0.05, 0) is 53.8 Å². The Balaban J connectivity index is 1.73. The molecule has 0 saturated heterocycles. The molecule has 0 aliphatic heterocycles. The van der Waals surface area contributed by atoms with Crippen molar-refractivity contribution in [2.45, 2.75) is 33.1 Å². The number of aromatic nitrogens is 1. The van der Waals surface area contributed by atoms with E-state index in [1.165, 1.54) is 34.7 Å². The van der Waals surface area contributed by atoms with Gasteiger partial charge in [0.1, 0.15) is 4.92 Å². The topological polar surface area (TPSA) is 102 Å². The zero-order valence-corrected chi connectivity index (χ0v) is 19.4. The van der Waals surface area contributed by atoms with Crippen LogP contribution in [0.4, 0.5) is 11.0 Å². The Morgan fingerprint density at radius 3 is 2.52 bits per heavy atom. The van der Waals surface area contributed by atoms with E-state index in [0.29, 0.717) is 10.7 Å². The molecule has 0 spiro atoms. The van der Waals surface area contributed by atoms with Crippen LogP contribution in [0.5, 0.6) is 0 Å². The molecule has 33 heavy (non-hydrogen) atoms. The Morgan fingerprint density at radius 1 is 1.15 bits per heavy atom. The number of nitro groups is 1. The van der Waals surface area contributed by atoms with Crippen LogP contribution in [0.3, 0.4) is 0 Å². The molecule has 168 valence electrons. The average Bonchev–Trinajstić information content (AvgIpc) is 3.40. The second-order valence-electron chi connectivity index (χ2n) is 8.59. The number of hydrogen-bond acceptors (Lipinski definition) is 7. The number of hydrogen-bond donors (Lipinski definition) is 0. The number of rotatable bonds is 5. The lowest BCUT2D eigenvalue weighted by Gasteiger charge is -2.19. The zero-order valence-electron chi connectivity index (χ0n) is 18.6. The minimum Gasteiger partial charge on any atom is -0.400 e. The quantitative estimate of drug-likeness (QED) is 0.203. The Kier molecular flexibility index (Phi) is 5.82. The molecule has 4 rings (SSSR count). The molecule has 0 unspecified atom stereocenters. The molecule has 9 heteroatoms. The summed E-state index contributed by atoms with van der Waals surface area (Å²) in [5, 5.41) is 16.8. The van der Waals surface area contributed by atoms with Crippen molar-refractivity contribution in [1.82, 2.24) is 4.98 Å². The van der Waals surface area contributed by atoms with Gasteiger partial charge in [0.05, 0.1) is 22.5 Å². The standard InChI is InChI=1S/C24H22N4O4S/c1-15-5-11-19-20(13-15)33-23(26-19)27(25-14-18-10-12-21(32-18)28(30)31)22(29)16-6-8-17(9-7-16)24(2,3)4/h5-14H,1-4H3/b25-14+. The highest BCUT2D eigenvalue weighted by molar-refractivity contribution is 7.22. The Hall–Kier alpha value is -3.85. The van der Waals surface area contributed by atoms with Crippen LogP contribution in [0.15, 0.2) is 64.1 Å². The summed E-state index contributed by atoms with van der Waals surface area (Å²) in [7, 11) is 0. The van der Waals surface area contributed by atoms with E-state index in [4.69, 9.17) is 4.42 Å². The van der Waals surface area contributed by atoms with Gasteiger partial charge in [0.15, 0.2) is 5.76 Å². The van der Waals surface area contributed by atoms with Gasteiger partial charge in [0.2, 0.25) is 5.13 Å².